The SMILES string of the molecule is CNCc1ccc(S(=O)(=O)Nc2cc(OC)ccc2F)s1. The highest BCUT2D eigenvalue weighted by Gasteiger charge is 2.19. The Hall–Kier alpha value is -1.64. The van der Waals surface area contributed by atoms with Gasteiger partial charge in [0.2, 0.25) is 0 Å². The highest BCUT2D eigenvalue weighted by molar-refractivity contribution is 7.94. The van der Waals surface area contributed by atoms with Crippen molar-refractivity contribution in [1.82, 2.24) is 5.32 Å². The molecule has 1 aromatic heterocycles. The molecule has 1 heterocycles. The number of sulfonamides is 1. The van der Waals surface area contributed by atoms with E-state index in [4.69, 9.17) is 4.74 Å². The second-order valence-electron chi connectivity index (χ2n) is 4.20. The largest absolute Gasteiger partial charge is 0.497 e. The fourth-order valence-electron chi connectivity index (χ4n) is 1.68. The number of rotatable bonds is 6. The van der Waals surface area contributed by atoms with Crippen molar-refractivity contribution in [3.63, 3.8) is 0 Å². The van der Waals surface area contributed by atoms with Crippen LogP contribution in [0.4, 0.5) is 10.1 Å². The van der Waals surface area contributed by atoms with Gasteiger partial charge in [0, 0.05) is 17.5 Å². The molecule has 2 rings (SSSR count). The molecular weight excluding hydrogens is 315 g/mol. The number of anilines is 1. The average molecular weight is 330 g/mol. The molecule has 0 fully saturated rings. The molecule has 0 amide bonds. The van der Waals surface area contributed by atoms with Gasteiger partial charge in [0.15, 0.2) is 0 Å². The third-order valence-corrected chi connectivity index (χ3v) is 5.61. The number of hydrogen-bond donors (Lipinski definition) is 2. The van der Waals surface area contributed by atoms with Gasteiger partial charge in [-0.3, -0.25) is 4.72 Å². The molecule has 2 aromatic rings. The zero-order valence-corrected chi connectivity index (χ0v) is 13.1. The Morgan fingerprint density at radius 1 is 1.29 bits per heavy atom. The van der Waals surface area contributed by atoms with Gasteiger partial charge in [-0.2, -0.15) is 0 Å². The van der Waals surface area contributed by atoms with Crippen molar-refractivity contribution in [3.8, 4) is 5.75 Å². The molecule has 0 atom stereocenters. The third-order valence-electron chi connectivity index (χ3n) is 2.67. The Kier molecular flexibility index (Phi) is 4.81. The van der Waals surface area contributed by atoms with Crippen LogP contribution in [0.3, 0.4) is 0 Å². The molecule has 21 heavy (non-hydrogen) atoms. The predicted octanol–water partition coefficient (Wildman–Crippen LogP) is 2.42. The Morgan fingerprint density at radius 2 is 2.05 bits per heavy atom. The smallest absolute Gasteiger partial charge is 0.271 e. The molecule has 2 N–H and O–H groups in total. The van der Waals surface area contributed by atoms with Gasteiger partial charge in [-0.05, 0) is 31.3 Å². The second kappa shape index (κ2) is 6.42. The van der Waals surface area contributed by atoms with Crippen LogP contribution in [0.25, 0.3) is 0 Å². The van der Waals surface area contributed by atoms with Gasteiger partial charge in [0.1, 0.15) is 15.8 Å². The van der Waals surface area contributed by atoms with Crippen molar-refractivity contribution in [2.75, 3.05) is 18.9 Å². The minimum Gasteiger partial charge on any atom is -0.497 e. The summed E-state index contributed by atoms with van der Waals surface area (Å²) in [5, 5.41) is 2.94. The summed E-state index contributed by atoms with van der Waals surface area (Å²) in [6.07, 6.45) is 0. The van der Waals surface area contributed by atoms with E-state index in [0.717, 1.165) is 22.3 Å². The highest BCUT2D eigenvalue weighted by Crippen LogP contribution is 2.27. The third kappa shape index (κ3) is 3.72. The summed E-state index contributed by atoms with van der Waals surface area (Å²) in [5.74, 6) is -0.289. The van der Waals surface area contributed by atoms with E-state index in [1.807, 2.05) is 0 Å². The molecule has 0 aliphatic carbocycles. The minimum absolute atomic E-state index is 0.134. The number of hydrogen-bond acceptors (Lipinski definition) is 5. The van der Waals surface area contributed by atoms with Crippen LogP contribution >= 0.6 is 11.3 Å². The van der Waals surface area contributed by atoms with Crippen LogP contribution in [0.15, 0.2) is 34.5 Å². The number of nitrogens with one attached hydrogen (secondary N) is 2. The maximum atomic E-state index is 13.7. The summed E-state index contributed by atoms with van der Waals surface area (Å²) in [7, 11) is -0.612. The average Bonchev–Trinajstić information content (AvgIpc) is 2.91. The number of benzene rings is 1. The molecule has 0 bridgehead atoms. The number of thiophene rings is 1. The van der Waals surface area contributed by atoms with Crippen molar-refractivity contribution < 1.29 is 17.5 Å². The fraction of sp³-hybridized carbons (Fsp3) is 0.231. The van der Waals surface area contributed by atoms with E-state index < -0.39 is 15.8 Å². The molecular formula is C13H15FN2O3S2. The zero-order valence-electron chi connectivity index (χ0n) is 11.5. The van der Waals surface area contributed by atoms with Crippen molar-refractivity contribution in [2.24, 2.45) is 0 Å². The summed E-state index contributed by atoms with van der Waals surface area (Å²) in [5.41, 5.74) is -0.141. The fourth-order valence-corrected chi connectivity index (χ4v) is 4.10. The molecule has 0 aliphatic rings. The van der Waals surface area contributed by atoms with Crippen LogP contribution < -0.4 is 14.8 Å². The summed E-state index contributed by atoms with van der Waals surface area (Å²) >= 11 is 1.13. The van der Waals surface area contributed by atoms with Gasteiger partial charge in [-0.1, -0.05) is 0 Å². The highest BCUT2D eigenvalue weighted by atomic mass is 32.2. The zero-order chi connectivity index (χ0) is 15.5. The molecule has 0 aliphatic heterocycles. The first-order chi connectivity index (χ1) is 9.96. The van der Waals surface area contributed by atoms with Crippen molar-refractivity contribution >= 4 is 27.0 Å². The Morgan fingerprint density at radius 3 is 2.71 bits per heavy atom. The van der Waals surface area contributed by atoms with E-state index in [-0.39, 0.29) is 9.90 Å². The van der Waals surface area contributed by atoms with Crippen LogP contribution in [-0.4, -0.2) is 22.6 Å². The summed E-state index contributed by atoms with van der Waals surface area (Å²) < 4.78 is 45.5. The first-order valence-electron chi connectivity index (χ1n) is 6.06. The van der Waals surface area contributed by atoms with Crippen LogP contribution in [0.5, 0.6) is 5.75 Å². The lowest BCUT2D eigenvalue weighted by Crippen LogP contribution is -2.12. The maximum Gasteiger partial charge on any atom is 0.271 e. The van der Waals surface area contributed by atoms with Gasteiger partial charge in [0.25, 0.3) is 10.0 Å². The first-order valence-corrected chi connectivity index (χ1v) is 8.36. The van der Waals surface area contributed by atoms with E-state index in [2.05, 4.69) is 10.0 Å². The lowest BCUT2D eigenvalue weighted by molar-refractivity contribution is 0.414. The van der Waals surface area contributed by atoms with E-state index in [9.17, 15) is 12.8 Å². The van der Waals surface area contributed by atoms with E-state index in [1.165, 1.54) is 25.3 Å². The number of halogens is 1. The number of methoxy groups -OCH3 is 1. The molecule has 0 saturated carbocycles. The Bertz CT molecular complexity index is 729. The van der Waals surface area contributed by atoms with Gasteiger partial charge < -0.3 is 10.1 Å². The normalized spacial score (nSPS) is 11.4. The van der Waals surface area contributed by atoms with Gasteiger partial charge >= 0.3 is 0 Å². The molecule has 0 saturated heterocycles. The Labute approximate surface area is 126 Å². The second-order valence-corrected chi connectivity index (χ2v) is 7.28. The lowest BCUT2D eigenvalue weighted by atomic mass is 10.3. The maximum absolute atomic E-state index is 13.7. The molecule has 114 valence electrons. The van der Waals surface area contributed by atoms with Crippen LogP contribution in [0, 0.1) is 5.82 Å². The lowest BCUT2D eigenvalue weighted by Gasteiger charge is -2.09. The summed E-state index contributed by atoms with van der Waals surface area (Å²) in [6, 6.07) is 7.09. The van der Waals surface area contributed by atoms with E-state index >= 15 is 0 Å². The molecule has 5 nitrogen and oxygen atoms in total. The van der Waals surface area contributed by atoms with Crippen LogP contribution in [-0.2, 0) is 16.6 Å². The molecule has 0 spiro atoms. The summed E-state index contributed by atoms with van der Waals surface area (Å²) in [4.78, 5) is 0.879. The minimum atomic E-state index is -3.81. The topological polar surface area (TPSA) is 67.4 Å². The van der Waals surface area contributed by atoms with Gasteiger partial charge in [-0.15, -0.1) is 11.3 Å². The molecule has 0 radical (unpaired) electrons. The summed E-state index contributed by atoms with van der Waals surface area (Å²) in [6.45, 7) is 0.577. The van der Waals surface area contributed by atoms with Crippen LogP contribution in [0.2, 0.25) is 0 Å². The molecule has 1 aromatic carbocycles. The molecule has 8 heteroatoms. The number of ether oxygens (including phenoxy) is 1. The van der Waals surface area contributed by atoms with Crippen molar-refractivity contribution in [1.29, 1.82) is 0 Å². The van der Waals surface area contributed by atoms with Gasteiger partial charge in [0.05, 0.1) is 12.8 Å². The molecule has 0 unspecified atom stereocenters. The van der Waals surface area contributed by atoms with Crippen molar-refractivity contribution in [2.45, 2.75) is 10.8 Å². The van der Waals surface area contributed by atoms with Gasteiger partial charge in [-0.25, -0.2) is 12.8 Å². The first kappa shape index (κ1) is 15.7. The predicted molar refractivity (Wildman–Crippen MR) is 80.8 cm³/mol. The standard InChI is InChI=1S/C13H15FN2O3S2/c1-15-8-10-4-6-13(20-10)21(17,18)16-12-7-9(19-2)3-5-11(12)14/h3-7,15-16H,8H2,1-2H3. The van der Waals surface area contributed by atoms with E-state index in [1.54, 1.807) is 13.1 Å². The quantitative estimate of drug-likeness (QED) is 0.853. The monoisotopic (exact) mass is 330 g/mol. The van der Waals surface area contributed by atoms with E-state index in [0.29, 0.717) is 12.3 Å². The van der Waals surface area contributed by atoms with Crippen molar-refractivity contribution in [3.05, 3.63) is 41.0 Å². The Balaban J connectivity index is 2.28. The van der Waals surface area contributed by atoms with Crippen LogP contribution in [0.1, 0.15) is 4.88 Å².